The minimum absolute atomic E-state index is 0.276. The van der Waals surface area contributed by atoms with E-state index in [4.69, 9.17) is 21.1 Å². The second kappa shape index (κ2) is 9.54. The monoisotopic (exact) mass is 327 g/mol. The van der Waals surface area contributed by atoms with Gasteiger partial charge in [-0.1, -0.05) is 11.6 Å². The Morgan fingerprint density at radius 2 is 1.91 bits per heavy atom. The van der Waals surface area contributed by atoms with Gasteiger partial charge in [0.25, 0.3) is 0 Å². The molecule has 0 aliphatic carbocycles. The summed E-state index contributed by atoms with van der Waals surface area (Å²) in [5.41, 5.74) is -0.276. The predicted octanol–water partition coefficient (Wildman–Crippen LogP) is 2.70. The van der Waals surface area contributed by atoms with Crippen molar-refractivity contribution in [1.82, 2.24) is 10.6 Å². The molecule has 0 atom stereocenters. The minimum atomic E-state index is -0.276. The zero-order chi connectivity index (χ0) is 16.4. The zero-order valence-corrected chi connectivity index (χ0v) is 14.5. The molecule has 0 bridgehead atoms. The number of guanidine groups is 1. The molecule has 2 N–H and O–H groups in total. The summed E-state index contributed by atoms with van der Waals surface area (Å²) < 4.78 is 11.0. The number of ether oxygens (including phenoxy) is 2. The van der Waals surface area contributed by atoms with Crippen molar-refractivity contribution >= 4 is 17.6 Å². The van der Waals surface area contributed by atoms with Crippen LogP contribution in [-0.2, 0) is 4.74 Å². The number of methoxy groups -OCH3 is 1. The van der Waals surface area contributed by atoms with Gasteiger partial charge in [-0.25, -0.2) is 0 Å². The summed E-state index contributed by atoms with van der Waals surface area (Å²) in [4.78, 5) is 4.51. The molecule has 6 heteroatoms. The molecule has 124 valence electrons. The van der Waals surface area contributed by atoms with Crippen LogP contribution in [0.15, 0.2) is 29.3 Å². The number of nitrogens with zero attached hydrogens (tertiary/aromatic N) is 1. The van der Waals surface area contributed by atoms with E-state index in [2.05, 4.69) is 15.6 Å². The van der Waals surface area contributed by atoms with Gasteiger partial charge < -0.3 is 20.1 Å². The van der Waals surface area contributed by atoms with Gasteiger partial charge in [0.2, 0.25) is 0 Å². The molecule has 1 aromatic rings. The van der Waals surface area contributed by atoms with Gasteiger partial charge in [0, 0.05) is 18.7 Å². The fraction of sp³-hybridized carbons (Fsp3) is 0.562. The van der Waals surface area contributed by atoms with Crippen LogP contribution >= 0.6 is 11.6 Å². The van der Waals surface area contributed by atoms with Crippen molar-refractivity contribution in [3.63, 3.8) is 0 Å². The standard InChI is InChI=1S/C16H26ClN3O2/c1-5-18-15(20-12-16(2,3)21-4)19-10-11-22-14-8-6-13(17)7-9-14/h6-9H,5,10-12H2,1-4H3,(H2,18,19,20). The van der Waals surface area contributed by atoms with Gasteiger partial charge in [-0.05, 0) is 45.0 Å². The van der Waals surface area contributed by atoms with E-state index in [9.17, 15) is 0 Å². The second-order valence-electron chi connectivity index (χ2n) is 5.39. The molecular formula is C16H26ClN3O2. The summed E-state index contributed by atoms with van der Waals surface area (Å²) in [6.07, 6.45) is 0. The van der Waals surface area contributed by atoms with Gasteiger partial charge in [-0.2, -0.15) is 0 Å². The molecule has 0 aromatic heterocycles. The Hall–Kier alpha value is -1.46. The van der Waals surface area contributed by atoms with Crippen molar-refractivity contribution in [2.45, 2.75) is 26.4 Å². The fourth-order valence-electron chi connectivity index (χ4n) is 1.54. The average Bonchev–Trinajstić information content (AvgIpc) is 2.51. The van der Waals surface area contributed by atoms with Gasteiger partial charge in [-0.3, -0.25) is 4.99 Å². The van der Waals surface area contributed by atoms with Crippen LogP contribution in [0.4, 0.5) is 0 Å². The van der Waals surface area contributed by atoms with Crippen molar-refractivity contribution in [1.29, 1.82) is 0 Å². The molecule has 22 heavy (non-hydrogen) atoms. The maximum atomic E-state index is 5.83. The molecule has 0 spiro atoms. The lowest BCUT2D eigenvalue weighted by molar-refractivity contribution is 0.0310. The van der Waals surface area contributed by atoms with Crippen molar-refractivity contribution < 1.29 is 9.47 Å². The summed E-state index contributed by atoms with van der Waals surface area (Å²) in [7, 11) is 1.69. The van der Waals surface area contributed by atoms with Crippen LogP contribution in [0.3, 0.4) is 0 Å². The highest BCUT2D eigenvalue weighted by Gasteiger charge is 2.15. The summed E-state index contributed by atoms with van der Waals surface area (Å²) in [5, 5.41) is 7.13. The van der Waals surface area contributed by atoms with Gasteiger partial charge >= 0.3 is 0 Å². The van der Waals surface area contributed by atoms with Gasteiger partial charge in [-0.15, -0.1) is 0 Å². The van der Waals surface area contributed by atoms with Crippen molar-refractivity contribution in [3.8, 4) is 5.75 Å². The number of halogens is 1. The second-order valence-corrected chi connectivity index (χ2v) is 5.82. The van der Waals surface area contributed by atoms with Crippen LogP contribution in [0.1, 0.15) is 20.8 Å². The molecular weight excluding hydrogens is 302 g/mol. The molecule has 0 unspecified atom stereocenters. The first-order valence-corrected chi connectivity index (χ1v) is 7.80. The largest absolute Gasteiger partial charge is 0.492 e. The number of nitrogens with one attached hydrogen (secondary N) is 2. The van der Waals surface area contributed by atoms with Crippen LogP contribution in [0.2, 0.25) is 5.02 Å². The molecule has 5 nitrogen and oxygen atoms in total. The summed E-state index contributed by atoms with van der Waals surface area (Å²) >= 11 is 5.83. The average molecular weight is 328 g/mol. The highest BCUT2D eigenvalue weighted by atomic mass is 35.5. The minimum Gasteiger partial charge on any atom is -0.492 e. The first-order valence-electron chi connectivity index (χ1n) is 7.42. The Morgan fingerprint density at radius 1 is 1.23 bits per heavy atom. The lowest BCUT2D eigenvalue weighted by Gasteiger charge is -2.21. The third-order valence-corrected chi connectivity index (χ3v) is 3.24. The molecule has 0 aliphatic rings. The van der Waals surface area contributed by atoms with Crippen LogP contribution in [0.25, 0.3) is 0 Å². The van der Waals surface area contributed by atoms with Crippen molar-refractivity contribution in [2.24, 2.45) is 4.99 Å². The number of hydrogen-bond donors (Lipinski definition) is 2. The van der Waals surface area contributed by atoms with E-state index in [-0.39, 0.29) is 5.60 Å². The molecule has 1 rings (SSSR count). The van der Waals surface area contributed by atoms with Crippen molar-refractivity contribution in [2.75, 3.05) is 33.4 Å². The van der Waals surface area contributed by atoms with E-state index in [1.807, 2.05) is 45.0 Å². The third-order valence-electron chi connectivity index (χ3n) is 2.99. The Morgan fingerprint density at radius 3 is 2.50 bits per heavy atom. The Labute approximate surface area is 138 Å². The first kappa shape index (κ1) is 18.6. The van der Waals surface area contributed by atoms with Crippen LogP contribution in [0.5, 0.6) is 5.75 Å². The third kappa shape index (κ3) is 7.52. The maximum absolute atomic E-state index is 5.83. The predicted molar refractivity (Wildman–Crippen MR) is 92.0 cm³/mol. The molecule has 0 aliphatic heterocycles. The Kier molecular flexibility index (Phi) is 8.06. The highest BCUT2D eigenvalue weighted by Crippen LogP contribution is 2.15. The summed E-state index contributed by atoms with van der Waals surface area (Å²) in [6.45, 7) is 8.62. The van der Waals surface area contributed by atoms with E-state index < -0.39 is 0 Å². The van der Waals surface area contributed by atoms with Gasteiger partial charge in [0.15, 0.2) is 5.96 Å². The number of benzene rings is 1. The van der Waals surface area contributed by atoms with Gasteiger partial charge in [0.1, 0.15) is 12.4 Å². The van der Waals surface area contributed by atoms with E-state index >= 15 is 0 Å². The number of rotatable bonds is 8. The van der Waals surface area contributed by atoms with E-state index in [1.54, 1.807) is 7.11 Å². The van der Waals surface area contributed by atoms with Crippen LogP contribution < -0.4 is 15.4 Å². The normalized spacial score (nSPS) is 12.1. The summed E-state index contributed by atoms with van der Waals surface area (Å²) in [6, 6.07) is 7.32. The number of hydrogen-bond acceptors (Lipinski definition) is 3. The molecule has 0 saturated carbocycles. The maximum Gasteiger partial charge on any atom is 0.191 e. The molecule has 0 fully saturated rings. The van der Waals surface area contributed by atoms with Crippen LogP contribution in [0, 0.1) is 0 Å². The first-order chi connectivity index (χ1) is 10.5. The number of aliphatic imine (C=N–C) groups is 1. The lowest BCUT2D eigenvalue weighted by Crippen LogP contribution is -2.40. The molecule has 0 heterocycles. The van der Waals surface area contributed by atoms with E-state index in [1.165, 1.54) is 0 Å². The SMILES string of the molecule is CCNC(=NCC(C)(C)OC)NCCOc1ccc(Cl)cc1. The van der Waals surface area contributed by atoms with Gasteiger partial charge in [0.05, 0.1) is 18.7 Å². The summed E-state index contributed by atoms with van der Waals surface area (Å²) in [5.74, 6) is 1.56. The zero-order valence-electron chi connectivity index (χ0n) is 13.8. The smallest absolute Gasteiger partial charge is 0.191 e. The molecule has 0 amide bonds. The lowest BCUT2D eigenvalue weighted by atomic mass is 10.1. The van der Waals surface area contributed by atoms with E-state index in [0.29, 0.717) is 24.7 Å². The highest BCUT2D eigenvalue weighted by molar-refractivity contribution is 6.30. The molecule has 1 aromatic carbocycles. The fourth-order valence-corrected chi connectivity index (χ4v) is 1.67. The molecule has 0 saturated heterocycles. The Balaban J connectivity index is 2.37. The van der Waals surface area contributed by atoms with E-state index in [0.717, 1.165) is 18.3 Å². The van der Waals surface area contributed by atoms with Crippen LogP contribution in [-0.4, -0.2) is 44.9 Å². The molecule has 0 radical (unpaired) electrons. The Bertz CT molecular complexity index is 461. The topological polar surface area (TPSA) is 54.9 Å². The van der Waals surface area contributed by atoms with Crippen molar-refractivity contribution in [3.05, 3.63) is 29.3 Å². The quantitative estimate of drug-likeness (QED) is 0.438.